The zero-order valence-corrected chi connectivity index (χ0v) is 13.4. The maximum atomic E-state index is 11.6. The molecule has 0 fully saturated rings. The van der Waals surface area contributed by atoms with Crippen molar-refractivity contribution in [2.24, 2.45) is 0 Å². The smallest absolute Gasteiger partial charge is 0.339 e. The van der Waals surface area contributed by atoms with E-state index in [0.29, 0.717) is 42.5 Å². The van der Waals surface area contributed by atoms with Crippen LogP contribution >= 0.6 is 0 Å². The lowest BCUT2D eigenvalue weighted by atomic mass is 10.1. The molecule has 4 rings (SSSR count). The zero-order valence-electron chi connectivity index (χ0n) is 13.4. The van der Waals surface area contributed by atoms with E-state index >= 15 is 0 Å². The van der Waals surface area contributed by atoms with E-state index < -0.39 is 5.97 Å². The summed E-state index contributed by atoms with van der Waals surface area (Å²) in [5.74, 6) is 0.262. The van der Waals surface area contributed by atoms with E-state index in [9.17, 15) is 9.90 Å². The summed E-state index contributed by atoms with van der Waals surface area (Å²) in [7, 11) is 0. The Morgan fingerprint density at radius 1 is 1.08 bits per heavy atom. The minimum absolute atomic E-state index is 0.160. The number of ether oxygens (including phenoxy) is 2. The van der Waals surface area contributed by atoms with E-state index in [1.54, 1.807) is 29.1 Å². The number of aromatic nitrogens is 2. The van der Waals surface area contributed by atoms with Gasteiger partial charge in [-0.15, -0.1) is 0 Å². The Hall–Kier alpha value is -3.28. The lowest BCUT2D eigenvalue weighted by molar-refractivity contribution is 0.0697. The van der Waals surface area contributed by atoms with Gasteiger partial charge in [0.25, 0.3) is 0 Å². The second kappa shape index (κ2) is 6.32. The fourth-order valence-electron chi connectivity index (χ4n) is 2.83. The van der Waals surface area contributed by atoms with Crippen molar-refractivity contribution in [1.29, 1.82) is 0 Å². The van der Waals surface area contributed by atoms with Crippen LogP contribution < -0.4 is 9.47 Å². The highest BCUT2D eigenvalue weighted by Gasteiger charge is 2.20. The van der Waals surface area contributed by atoms with Crippen molar-refractivity contribution in [2.45, 2.75) is 6.54 Å². The van der Waals surface area contributed by atoms with Gasteiger partial charge in [-0.05, 0) is 23.8 Å². The molecule has 6 nitrogen and oxygen atoms in total. The fourth-order valence-corrected chi connectivity index (χ4v) is 2.83. The van der Waals surface area contributed by atoms with Gasteiger partial charge in [0, 0.05) is 11.8 Å². The minimum atomic E-state index is -1.01. The number of carboxylic acids is 1. The predicted octanol–water partition coefficient (Wildman–Crippen LogP) is 3.07. The molecule has 0 saturated carbocycles. The molecule has 3 aromatic rings. The van der Waals surface area contributed by atoms with Crippen LogP contribution in [-0.2, 0) is 6.54 Å². The lowest BCUT2D eigenvalue weighted by Gasteiger charge is -2.18. The van der Waals surface area contributed by atoms with E-state index in [4.69, 9.17) is 9.47 Å². The van der Waals surface area contributed by atoms with Crippen molar-refractivity contribution in [3.05, 3.63) is 65.9 Å². The van der Waals surface area contributed by atoms with Crippen molar-refractivity contribution in [1.82, 2.24) is 9.78 Å². The highest BCUT2D eigenvalue weighted by molar-refractivity contribution is 5.94. The van der Waals surface area contributed by atoms with Gasteiger partial charge >= 0.3 is 5.97 Å². The van der Waals surface area contributed by atoms with Crippen LogP contribution in [0.5, 0.6) is 11.5 Å². The van der Waals surface area contributed by atoms with Gasteiger partial charge in [0.15, 0.2) is 11.5 Å². The maximum absolute atomic E-state index is 11.6. The third-order valence-electron chi connectivity index (χ3n) is 4.00. The largest absolute Gasteiger partial charge is 0.486 e. The van der Waals surface area contributed by atoms with E-state index in [0.717, 1.165) is 5.56 Å². The molecule has 0 unspecified atom stereocenters. The first-order chi connectivity index (χ1) is 12.2. The number of carboxylic acid groups (broad SMARTS) is 1. The van der Waals surface area contributed by atoms with Crippen molar-refractivity contribution in [2.75, 3.05) is 13.2 Å². The van der Waals surface area contributed by atoms with Gasteiger partial charge in [-0.2, -0.15) is 5.10 Å². The van der Waals surface area contributed by atoms with Crippen molar-refractivity contribution >= 4 is 5.97 Å². The second-order valence-corrected chi connectivity index (χ2v) is 5.74. The van der Waals surface area contributed by atoms with E-state index in [-0.39, 0.29) is 5.56 Å². The molecule has 0 bridgehead atoms. The fraction of sp³-hybridized carbons (Fsp3) is 0.158. The van der Waals surface area contributed by atoms with Crippen LogP contribution in [0.1, 0.15) is 15.9 Å². The summed E-state index contributed by atoms with van der Waals surface area (Å²) in [5.41, 5.74) is 2.32. The van der Waals surface area contributed by atoms with Crippen molar-refractivity contribution in [3.8, 4) is 22.8 Å². The second-order valence-electron chi connectivity index (χ2n) is 5.74. The summed E-state index contributed by atoms with van der Waals surface area (Å²) in [5, 5.41) is 14.0. The maximum Gasteiger partial charge on any atom is 0.339 e. The number of hydrogen-bond donors (Lipinski definition) is 1. The number of fused-ring (bicyclic) bond motifs is 1. The van der Waals surface area contributed by atoms with Gasteiger partial charge in [-0.25, -0.2) is 4.79 Å². The van der Waals surface area contributed by atoms with Crippen LogP contribution in [-0.4, -0.2) is 34.1 Å². The SMILES string of the molecule is O=C(O)c1cn(Cc2ccccc2)nc1-c1ccc2c(c1)OCCO2. The normalized spacial score (nSPS) is 12.8. The Balaban J connectivity index is 1.72. The van der Waals surface area contributed by atoms with Gasteiger partial charge in [0.1, 0.15) is 24.5 Å². The number of hydrogen-bond acceptors (Lipinski definition) is 4. The van der Waals surface area contributed by atoms with Gasteiger partial charge in [-0.3, -0.25) is 4.68 Å². The Morgan fingerprint density at radius 3 is 2.60 bits per heavy atom. The standard InChI is InChI=1S/C19H16N2O4/c22-19(23)15-12-21(11-13-4-2-1-3-5-13)20-18(15)14-6-7-16-17(10-14)25-9-8-24-16/h1-7,10,12H,8-9,11H2,(H,22,23). The molecule has 0 spiro atoms. The summed E-state index contributed by atoms with van der Waals surface area (Å²) >= 11 is 0. The van der Waals surface area contributed by atoms with Crippen molar-refractivity contribution < 1.29 is 19.4 Å². The number of carbonyl (C=O) groups is 1. The van der Waals surface area contributed by atoms with Crippen LogP contribution in [0, 0.1) is 0 Å². The molecule has 1 aliphatic rings. The minimum Gasteiger partial charge on any atom is -0.486 e. The molecular formula is C19H16N2O4. The molecule has 2 aromatic carbocycles. The number of aromatic carboxylic acids is 1. The first-order valence-electron chi connectivity index (χ1n) is 7.95. The molecule has 1 aromatic heterocycles. The summed E-state index contributed by atoms with van der Waals surface area (Å²) in [6, 6.07) is 15.1. The lowest BCUT2D eigenvalue weighted by Crippen LogP contribution is -2.15. The summed E-state index contributed by atoms with van der Waals surface area (Å²) in [6.07, 6.45) is 1.56. The first-order valence-corrected chi connectivity index (χ1v) is 7.95. The molecule has 1 N–H and O–H groups in total. The molecule has 0 amide bonds. The molecular weight excluding hydrogens is 320 g/mol. The van der Waals surface area contributed by atoms with Crippen LogP contribution in [0.2, 0.25) is 0 Å². The predicted molar refractivity (Wildman–Crippen MR) is 91.2 cm³/mol. The van der Waals surface area contributed by atoms with E-state index in [2.05, 4.69) is 5.10 Å². The number of nitrogens with zero attached hydrogens (tertiary/aromatic N) is 2. The average Bonchev–Trinajstić information content (AvgIpc) is 3.06. The van der Waals surface area contributed by atoms with Gasteiger partial charge in [0.05, 0.1) is 6.54 Å². The Bertz CT molecular complexity index is 918. The number of benzene rings is 2. The zero-order chi connectivity index (χ0) is 17.2. The van der Waals surface area contributed by atoms with Crippen LogP contribution in [0.25, 0.3) is 11.3 Å². The third kappa shape index (κ3) is 3.06. The molecule has 0 radical (unpaired) electrons. The number of rotatable bonds is 4. The van der Waals surface area contributed by atoms with Crippen molar-refractivity contribution in [3.63, 3.8) is 0 Å². The highest BCUT2D eigenvalue weighted by atomic mass is 16.6. The van der Waals surface area contributed by atoms with E-state index in [1.807, 2.05) is 30.3 Å². The first kappa shape index (κ1) is 15.3. The topological polar surface area (TPSA) is 73.6 Å². The summed E-state index contributed by atoms with van der Waals surface area (Å²) < 4.78 is 12.7. The summed E-state index contributed by atoms with van der Waals surface area (Å²) in [4.78, 5) is 11.6. The quantitative estimate of drug-likeness (QED) is 0.792. The molecule has 25 heavy (non-hydrogen) atoms. The monoisotopic (exact) mass is 336 g/mol. The molecule has 2 heterocycles. The molecule has 6 heteroatoms. The molecule has 0 saturated heterocycles. The molecule has 0 aliphatic carbocycles. The van der Waals surface area contributed by atoms with Crippen LogP contribution in [0.15, 0.2) is 54.7 Å². The molecule has 0 atom stereocenters. The van der Waals surface area contributed by atoms with Gasteiger partial charge in [0.2, 0.25) is 0 Å². The Labute approximate surface area is 144 Å². The van der Waals surface area contributed by atoms with Gasteiger partial charge in [-0.1, -0.05) is 30.3 Å². The summed E-state index contributed by atoms with van der Waals surface area (Å²) in [6.45, 7) is 1.49. The highest BCUT2D eigenvalue weighted by Crippen LogP contribution is 2.35. The van der Waals surface area contributed by atoms with Gasteiger partial charge < -0.3 is 14.6 Å². The third-order valence-corrected chi connectivity index (χ3v) is 4.00. The van der Waals surface area contributed by atoms with E-state index in [1.165, 1.54) is 0 Å². The average molecular weight is 336 g/mol. The van der Waals surface area contributed by atoms with Crippen LogP contribution in [0.4, 0.5) is 0 Å². The Morgan fingerprint density at radius 2 is 1.84 bits per heavy atom. The molecule has 126 valence electrons. The Kier molecular flexibility index (Phi) is 3.85. The molecule has 1 aliphatic heterocycles. The van der Waals surface area contributed by atoms with Crippen LogP contribution in [0.3, 0.4) is 0 Å².